The Kier molecular flexibility index (Phi) is 9.62. The third-order valence-corrected chi connectivity index (χ3v) is 6.48. The summed E-state index contributed by atoms with van der Waals surface area (Å²) in [5, 5.41) is 18.7. The van der Waals surface area contributed by atoms with E-state index in [0.717, 1.165) is 38.9 Å². The van der Waals surface area contributed by atoms with E-state index >= 15 is 0 Å². The molecule has 0 unspecified atom stereocenters. The molecule has 1 aliphatic heterocycles. The van der Waals surface area contributed by atoms with Crippen LogP contribution in [-0.4, -0.2) is 60.3 Å². The molecular weight excluding hydrogens is 392 g/mol. The molecule has 1 aliphatic carbocycles. The van der Waals surface area contributed by atoms with Crippen LogP contribution < -0.4 is 16.0 Å². The smallest absolute Gasteiger partial charge is 0.315 e. The minimum Gasteiger partial charge on any atom is -0.396 e. The molecule has 1 saturated heterocycles. The number of aliphatic hydroxyl groups excluding tert-OH is 1. The summed E-state index contributed by atoms with van der Waals surface area (Å²) in [5.41, 5.74) is 1.26. The van der Waals surface area contributed by atoms with Crippen LogP contribution in [0.5, 0.6) is 0 Å². The van der Waals surface area contributed by atoms with E-state index in [2.05, 4.69) is 33.0 Å². The second-order valence-corrected chi connectivity index (χ2v) is 8.96. The van der Waals surface area contributed by atoms with Crippen LogP contribution in [0.3, 0.4) is 0 Å². The van der Waals surface area contributed by atoms with Crippen molar-refractivity contribution >= 4 is 11.9 Å². The monoisotopic (exact) mass is 430 g/mol. The largest absolute Gasteiger partial charge is 0.396 e. The fourth-order valence-electron chi connectivity index (χ4n) is 4.65. The van der Waals surface area contributed by atoms with Gasteiger partial charge in [0.25, 0.3) is 0 Å². The Morgan fingerprint density at radius 2 is 1.81 bits per heavy atom. The lowest BCUT2D eigenvalue weighted by Crippen LogP contribution is -2.53. The van der Waals surface area contributed by atoms with Crippen LogP contribution in [0.25, 0.3) is 0 Å². The number of hydrogen-bond acceptors (Lipinski definition) is 4. The fourth-order valence-corrected chi connectivity index (χ4v) is 4.65. The summed E-state index contributed by atoms with van der Waals surface area (Å²) in [6.45, 7) is 3.10. The Labute approximate surface area is 186 Å². The highest BCUT2D eigenvalue weighted by Crippen LogP contribution is 2.20. The summed E-state index contributed by atoms with van der Waals surface area (Å²) in [6.07, 6.45) is 7.60. The second kappa shape index (κ2) is 12.7. The molecule has 172 valence electrons. The molecule has 3 amide bonds. The molecule has 31 heavy (non-hydrogen) atoms. The van der Waals surface area contributed by atoms with Gasteiger partial charge in [0.1, 0.15) is 0 Å². The van der Waals surface area contributed by atoms with Gasteiger partial charge in [-0.05, 0) is 37.8 Å². The number of rotatable bonds is 9. The van der Waals surface area contributed by atoms with E-state index in [4.69, 9.17) is 0 Å². The van der Waals surface area contributed by atoms with Gasteiger partial charge in [0.2, 0.25) is 5.91 Å². The number of amides is 3. The molecule has 2 aliphatic rings. The van der Waals surface area contributed by atoms with Gasteiger partial charge in [-0.15, -0.1) is 0 Å². The van der Waals surface area contributed by atoms with Crippen molar-refractivity contribution < 1.29 is 14.7 Å². The van der Waals surface area contributed by atoms with Crippen LogP contribution in [-0.2, 0) is 11.3 Å². The number of urea groups is 1. The second-order valence-electron chi connectivity index (χ2n) is 8.96. The van der Waals surface area contributed by atoms with Crippen molar-refractivity contribution in [3.8, 4) is 0 Å². The maximum atomic E-state index is 12.5. The number of piperidine rings is 1. The molecule has 1 aromatic rings. The fraction of sp³-hybridized carbons (Fsp3) is 0.667. The zero-order valence-electron chi connectivity index (χ0n) is 18.5. The molecule has 1 aromatic carbocycles. The first-order chi connectivity index (χ1) is 15.1. The van der Waals surface area contributed by atoms with Crippen molar-refractivity contribution in [2.45, 2.75) is 70.0 Å². The van der Waals surface area contributed by atoms with E-state index in [1.165, 1.54) is 24.8 Å². The van der Waals surface area contributed by atoms with Crippen LogP contribution >= 0.6 is 0 Å². The van der Waals surface area contributed by atoms with E-state index in [1.54, 1.807) is 0 Å². The number of nitrogens with one attached hydrogen (secondary N) is 3. The Morgan fingerprint density at radius 3 is 2.55 bits per heavy atom. The number of likely N-dealkylation sites (tertiary alicyclic amines) is 1. The van der Waals surface area contributed by atoms with E-state index in [0.29, 0.717) is 19.4 Å². The van der Waals surface area contributed by atoms with Gasteiger partial charge in [-0.3, -0.25) is 9.69 Å². The highest BCUT2D eigenvalue weighted by Gasteiger charge is 2.29. The highest BCUT2D eigenvalue weighted by atomic mass is 16.3. The minimum absolute atomic E-state index is 0.0144. The molecule has 3 rings (SSSR count). The Morgan fingerprint density at radius 1 is 1.03 bits per heavy atom. The van der Waals surface area contributed by atoms with Crippen LogP contribution in [0, 0.1) is 5.92 Å². The van der Waals surface area contributed by atoms with Crippen molar-refractivity contribution in [2.24, 2.45) is 5.92 Å². The quantitative estimate of drug-likeness (QED) is 0.453. The number of nitrogens with zero attached hydrogens (tertiary/aromatic N) is 1. The van der Waals surface area contributed by atoms with Gasteiger partial charge < -0.3 is 21.1 Å². The summed E-state index contributed by atoms with van der Waals surface area (Å²) in [5.74, 6) is 0.0786. The molecule has 1 saturated carbocycles. The van der Waals surface area contributed by atoms with E-state index in [9.17, 15) is 14.7 Å². The number of aliphatic hydroxyl groups is 1. The molecule has 0 aromatic heterocycles. The normalized spacial score (nSPS) is 22.6. The minimum atomic E-state index is -0.128. The molecule has 4 N–H and O–H groups in total. The molecule has 0 spiro atoms. The van der Waals surface area contributed by atoms with Gasteiger partial charge >= 0.3 is 6.03 Å². The molecule has 7 heteroatoms. The molecule has 2 fully saturated rings. The summed E-state index contributed by atoms with van der Waals surface area (Å²) in [4.78, 5) is 26.8. The van der Waals surface area contributed by atoms with Crippen LogP contribution in [0.4, 0.5) is 4.79 Å². The maximum Gasteiger partial charge on any atom is 0.315 e. The zero-order chi connectivity index (χ0) is 21.9. The van der Waals surface area contributed by atoms with Gasteiger partial charge in [-0.1, -0.05) is 49.6 Å². The summed E-state index contributed by atoms with van der Waals surface area (Å²) in [7, 11) is 0. The molecule has 2 atom stereocenters. The van der Waals surface area contributed by atoms with E-state index in [-0.39, 0.29) is 36.5 Å². The first-order valence-electron chi connectivity index (χ1n) is 11.8. The Hall–Kier alpha value is -2.12. The van der Waals surface area contributed by atoms with Crippen LogP contribution in [0.2, 0.25) is 0 Å². The topological polar surface area (TPSA) is 93.7 Å². The summed E-state index contributed by atoms with van der Waals surface area (Å²) < 4.78 is 0. The SMILES string of the molecule is O=C(CCCNC(=O)NC1CCCCC1)N[C@@H]1CN(Cc2ccccc2)CC[C@@H]1CO. The predicted octanol–water partition coefficient (Wildman–Crippen LogP) is 2.40. The summed E-state index contributed by atoms with van der Waals surface area (Å²) >= 11 is 0. The number of carbonyl (C=O) groups excluding carboxylic acids is 2. The number of benzene rings is 1. The predicted molar refractivity (Wildman–Crippen MR) is 121 cm³/mol. The highest BCUT2D eigenvalue weighted by molar-refractivity contribution is 5.76. The molecule has 7 nitrogen and oxygen atoms in total. The maximum absolute atomic E-state index is 12.5. The van der Waals surface area contributed by atoms with Crippen LogP contribution in [0.1, 0.15) is 56.9 Å². The average molecular weight is 431 g/mol. The van der Waals surface area contributed by atoms with E-state index in [1.807, 2.05) is 18.2 Å². The van der Waals surface area contributed by atoms with Gasteiger partial charge in [-0.25, -0.2) is 4.79 Å². The third-order valence-electron chi connectivity index (χ3n) is 6.48. The number of hydrogen-bond donors (Lipinski definition) is 4. The average Bonchev–Trinajstić information content (AvgIpc) is 2.78. The van der Waals surface area contributed by atoms with Gasteiger partial charge in [0, 0.05) is 50.7 Å². The molecule has 1 heterocycles. The van der Waals surface area contributed by atoms with Crippen molar-refractivity contribution in [1.29, 1.82) is 0 Å². The lowest BCUT2D eigenvalue weighted by molar-refractivity contribution is -0.122. The van der Waals surface area contributed by atoms with Crippen molar-refractivity contribution in [3.05, 3.63) is 35.9 Å². The molecule has 0 bridgehead atoms. The van der Waals surface area contributed by atoms with Gasteiger partial charge in [0.15, 0.2) is 0 Å². The van der Waals surface area contributed by atoms with Gasteiger partial charge in [-0.2, -0.15) is 0 Å². The summed E-state index contributed by atoms with van der Waals surface area (Å²) in [6, 6.07) is 10.4. The van der Waals surface area contributed by atoms with Gasteiger partial charge in [0.05, 0.1) is 0 Å². The number of carbonyl (C=O) groups is 2. The standard InChI is InChI=1S/C24H38N4O3/c29-18-20-13-15-28(16-19-8-3-1-4-9-19)17-22(20)27-23(30)12-7-14-25-24(31)26-21-10-5-2-6-11-21/h1,3-4,8-9,20-22,29H,2,5-7,10-18H2,(H,27,30)(H2,25,26,31)/t20-,22-/m1/s1. The van der Waals surface area contributed by atoms with Crippen molar-refractivity contribution in [1.82, 2.24) is 20.9 Å². The third kappa shape index (κ3) is 8.15. The first kappa shape index (κ1) is 23.5. The Bertz CT molecular complexity index is 679. The lowest BCUT2D eigenvalue weighted by Gasteiger charge is -2.38. The Balaban J connectivity index is 1.35. The lowest BCUT2D eigenvalue weighted by atomic mass is 9.91. The first-order valence-corrected chi connectivity index (χ1v) is 11.8. The molecular formula is C24H38N4O3. The van der Waals surface area contributed by atoms with Crippen LogP contribution in [0.15, 0.2) is 30.3 Å². The van der Waals surface area contributed by atoms with Crippen molar-refractivity contribution in [2.75, 3.05) is 26.2 Å². The zero-order valence-corrected chi connectivity index (χ0v) is 18.5. The molecule has 0 radical (unpaired) electrons. The van der Waals surface area contributed by atoms with Crippen molar-refractivity contribution in [3.63, 3.8) is 0 Å². The van der Waals surface area contributed by atoms with E-state index < -0.39 is 0 Å².